The highest BCUT2D eigenvalue weighted by Crippen LogP contribution is 2.27. The van der Waals surface area contributed by atoms with Gasteiger partial charge in [-0.15, -0.1) is 0 Å². The van der Waals surface area contributed by atoms with Crippen LogP contribution in [0.25, 0.3) is 0 Å². The van der Waals surface area contributed by atoms with E-state index in [2.05, 4.69) is 10.4 Å². The summed E-state index contributed by atoms with van der Waals surface area (Å²) in [5.74, 6) is 0.846. The smallest absolute Gasteiger partial charge is 0.435 e. The number of nitrogens with one attached hydrogen (secondary N) is 1. The average Bonchev–Trinajstić information content (AvgIpc) is 2.97. The third-order valence-electron chi connectivity index (χ3n) is 2.80. The molecule has 8 heteroatoms. The molecule has 0 aliphatic heterocycles. The Hall–Kier alpha value is -2.25. The van der Waals surface area contributed by atoms with E-state index in [0.717, 1.165) is 16.9 Å². The molecule has 0 aromatic carbocycles. The second-order valence-electron chi connectivity index (χ2n) is 4.63. The summed E-state index contributed by atoms with van der Waals surface area (Å²) in [6.07, 6.45) is -3.40. The molecule has 0 saturated carbocycles. The molecule has 2 aromatic rings. The minimum atomic E-state index is -4.51. The lowest BCUT2D eigenvalue weighted by atomic mass is 10.2. The Morgan fingerprint density at radius 3 is 2.67 bits per heavy atom. The molecule has 0 fully saturated rings. The van der Waals surface area contributed by atoms with Crippen molar-refractivity contribution in [3.8, 4) is 0 Å². The summed E-state index contributed by atoms with van der Waals surface area (Å²) in [6.45, 7) is 3.21. The molecule has 0 aliphatic rings. The fourth-order valence-corrected chi connectivity index (χ4v) is 1.79. The monoisotopic (exact) mass is 301 g/mol. The molecule has 0 bridgehead atoms. The first-order chi connectivity index (χ1) is 9.75. The van der Waals surface area contributed by atoms with Crippen LogP contribution >= 0.6 is 0 Å². The predicted molar refractivity (Wildman–Crippen MR) is 67.2 cm³/mol. The molecule has 1 atom stereocenters. The maximum atomic E-state index is 12.4. The quantitative estimate of drug-likeness (QED) is 0.944. The molecular weight excluding hydrogens is 287 g/mol. The van der Waals surface area contributed by atoms with E-state index in [9.17, 15) is 18.0 Å². The Labute approximate surface area is 118 Å². The fourth-order valence-electron chi connectivity index (χ4n) is 1.79. The number of rotatable bonds is 4. The zero-order valence-corrected chi connectivity index (χ0v) is 11.4. The van der Waals surface area contributed by atoms with Gasteiger partial charge in [-0.25, -0.2) is 0 Å². The molecule has 2 rings (SSSR count). The Kier molecular flexibility index (Phi) is 4.06. The summed E-state index contributed by atoms with van der Waals surface area (Å²) in [4.78, 5) is 11.8. The molecule has 0 saturated heterocycles. The topological polar surface area (TPSA) is 60.1 Å². The van der Waals surface area contributed by atoms with E-state index in [-0.39, 0.29) is 12.6 Å². The van der Waals surface area contributed by atoms with Gasteiger partial charge in [-0.3, -0.25) is 9.48 Å². The van der Waals surface area contributed by atoms with E-state index in [4.69, 9.17) is 4.42 Å². The standard InChI is InChI=1S/C13H14F3N3O2/c1-8-3-4-10(21-8)9(2)17-12(20)7-19-6-5-11(18-19)13(14,15)16/h3-6,9H,7H2,1-2H3,(H,17,20)/t9-/m0/s1. The van der Waals surface area contributed by atoms with Crippen molar-refractivity contribution in [2.45, 2.75) is 32.6 Å². The van der Waals surface area contributed by atoms with Crippen molar-refractivity contribution in [1.29, 1.82) is 0 Å². The van der Waals surface area contributed by atoms with Crippen molar-refractivity contribution >= 4 is 5.91 Å². The van der Waals surface area contributed by atoms with Crippen molar-refractivity contribution < 1.29 is 22.4 Å². The van der Waals surface area contributed by atoms with Gasteiger partial charge in [0.2, 0.25) is 5.91 Å². The van der Waals surface area contributed by atoms with E-state index in [0.29, 0.717) is 11.5 Å². The van der Waals surface area contributed by atoms with E-state index in [1.165, 1.54) is 0 Å². The minimum Gasteiger partial charge on any atom is -0.464 e. The van der Waals surface area contributed by atoms with E-state index < -0.39 is 17.8 Å². The zero-order valence-electron chi connectivity index (χ0n) is 11.4. The largest absolute Gasteiger partial charge is 0.464 e. The van der Waals surface area contributed by atoms with Crippen LogP contribution in [0.2, 0.25) is 0 Å². The molecule has 2 aromatic heterocycles. The number of alkyl halides is 3. The summed E-state index contributed by atoms with van der Waals surface area (Å²) in [7, 11) is 0. The molecule has 114 valence electrons. The number of halogens is 3. The van der Waals surface area contributed by atoms with Crippen LogP contribution in [0.4, 0.5) is 13.2 Å². The van der Waals surface area contributed by atoms with Crippen LogP contribution in [0, 0.1) is 6.92 Å². The van der Waals surface area contributed by atoms with Gasteiger partial charge in [0, 0.05) is 6.20 Å². The first kappa shape index (κ1) is 15.1. The lowest BCUT2D eigenvalue weighted by molar-refractivity contribution is -0.141. The van der Waals surface area contributed by atoms with Gasteiger partial charge in [-0.05, 0) is 32.0 Å². The number of hydrogen-bond acceptors (Lipinski definition) is 3. The number of hydrogen-bond donors (Lipinski definition) is 1. The summed E-state index contributed by atoms with van der Waals surface area (Å²) in [5.41, 5.74) is -1.02. The number of nitrogens with zero attached hydrogens (tertiary/aromatic N) is 2. The average molecular weight is 301 g/mol. The molecule has 1 amide bonds. The molecule has 0 spiro atoms. The summed E-state index contributed by atoms with van der Waals surface area (Å²) >= 11 is 0. The highest BCUT2D eigenvalue weighted by Gasteiger charge is 2.33. The van der Waals surface area contributed by atoms with Gasteiger partial charge in [-0.1, -0.05) is 0 Å². The number of aromatic nitrogens is 2. The van der Waals surface area contributed by atoms with Gasteiger partial charge in [-0.2, -0.15) is 18.3 Å². The van der Waals surface area contributed by atoms with Gasteiger partial charge < -0.3 is 9.73 Å². The van der Waals surface area contributed by atoms with Gasteiger partial charge >= 0.3 is 6.18 Å². The summed E-state index contributed by atoms with van der Waals surface area (Å²) < 4.78 is 43.5. The molecular formula is C13H14F3N3O2. The van der Waals surface area contributed by atoms with Gasteiger partial charge in [0.15, 0.2) is 5.69 Å². The molecule has 5 nitrogen and oxygen atoms in total. The van der Waals surface area contributed by atoms with Gasteiger partial charge in [0.25, 0.3) is 0 Å². The zero-order chi connectivity index (χ0) is 15.6. The van der Waals surface area contributed by atoms with Crippen molar-refractivity contribution in [3.63, 3.8) is 0 Å². The summed E-state index contributed by atoms with van der Waals surface area (Å²) in [5, 5.41) is 5.94. The number of furan rings is 1. The van der Waals surface area contributed by atoms with Crippen LogP contribution in [0.3, 0.4) is 0 Å². The van der Waals surface area contributed by atoms with Crippen LogP contribution in [0.15, 0.2) is 28.8 Å². The summed E-state index contributed by atoms with van der Waals surface area (Å²) in [6, 6.07) is 3.95. The van der Waals surface area contributed by atoms with Crippen molar-refractivity contribution in [2.24, 2.45) is 0 Å². The second-order valence-corrected chi connectivity index (χ2v) is 4.63. The molecule has 0 aliphatic carbocycles. The normalized spacial score (nSPS) is 13.2. The van der Waals surface area contributed by atoms with Crippen molar-refractivity contribution in [3.05, 3.63) is 41.6 Å². The number of carbonyl (C=O) groups is 1. The van der Waals surface area contributed by atoms with Crippen molar-refractivity contribution in [2.75, 3.05) is 0 Å². The lowest BCUT2D eigenvalue weighted by Gasteiger charge is -2.11. The van der Waals surface area contributed by atoms with Crippen LogP contribution in [0.5, 0.6) is 0 Å². The van der Waals surface area contributed by atoms with E-state index in [1.54, 1.807) is 26.0 Å². The molecule has 21 heavy (non-hydrogen) atoms. The van der Waals surface area contributed by atoms with Crippen LogP contribution in [0.1, 0.15) is 30.2 Å². The Bertz CT molecular complexity index is 631. The van der Waals surface area contributed by atoms with Crippen LogP contribution in [-0.4, -0.2) is 15.7 Å². The highest BCUT2D eigenvalue weighted by atomic mass is 19.4. The highest BCUT2D eigenvalue weighted by molar-refractivity contribution is 5.76. The third-order valence-corrected chi connectivity index (χ3v) is 2.80. The maximum Gasteiger partial charge on any atom is 0.435 e. The SMILES string of the molecule is Cc1ccc([C@H](C)NC(=O)Cn2ccc(C(F)(F)F)n2)o1. The third kappa shape index (κ3) is 3.87. The minimum absolute atomic E-state index is 0.292. The number of amides is 1. The molecule has 2 heterocycles. The molecule has 0 unspecified atom stereocenters. The lowest BCUT2D eigenvalue weighted by Crippen LogP contribution is -2.30. The number of aryl methyl sites for hydroxylation is 1. The second kappa shape index (κ2) is 5.63. The van der Waals surface area contributed by atoms with Gasteiger partial charge in [0.1, 0.15) is 18.1 Å². The Balaban J connectivity index is 1.94. The Morgan fingerprint density at radius 1 is 1.43 bits per heavy atom. The fraction of sp³-hybridized carbons (Fsp3) is 0.385. The number of carbonyl (C=O) groups excluding carboxylic acids is 1. The predicted octanol–water partition coefficient (Wildman–Crippen LogP) is 2.68. The van der Waals surface area contributed by atoms with Crippen molar-refractivity contribution in [1.82, 2.24) is 15.1 Å². The molecule has 1 N–H and O–H groups in total. The van der Waals surface area contributed by atoms with Gasteiger partial charge in [0.05, 0.1) is 6.04 Å². The van der Waals surface area contributed by atoms with E-state index in [1.807, 2.05) is 0 Å². The molecule has 0 radical (unpaired) electrons. The maximum absolute atomic E-state index is 12.4. The first-order valence-electron chi connectivity index (χ1n) is 6.22. The van der Waals surface area contributed by atoms with Crippen LogP contribution in [-0.2, 0) is 17.5 Å². The first-order valence-corrected chi connectivity index (χ1v) is 6.22. The Morgan fingerprint density at radius 2 is 2.14 bits per heavy atom. The van der Waals surface area contributed by atoms with Crippen LogP contribution < -0.4 is 5.32 Å². The van der Waals surface area contributed by atoms with E-state index >= 15 is 0 Å².